The van der Waals surface area contributed by atoms with Gasteiger partial charge in [-0.3, -0.25) is 28.5 Å². The minimum absolute atomic E-state index is 0.0781. The van der Waals surface area contributed by atoms with E-state index < -0.39 is 36.0 Å². The Hall–Kier alpha value is -5.41. The first-order valence-electron chi connectivity index (χ1n) is 16.8. The number of ketones is 1. The number of benzene rings is 1. The summed E-state index contributed by atoms with van der Waals surface area (Å²) in [4.78, 5) is 63.9. The number of amides is 3. The lowest BCUT2D eigenvalue weighted by atomic mass is 9.98. The Balaban J connectivity index is 1.26. The van der Waals surface area contributed by atoms with E-state index in [-0.39, 0.29) is 48.8 Å². The van der Waals surface area contributed by atoms with E-state index in [1.54, 1.807) is 19.3 Å². The first kappa shape index (κ1) is 34.1. The Morgan fingerprint density at radius 3 is 2.61 bits per heavy atom. The molecule has 3 aromatic heterocycles. The molecule has 1 saturated carbocycles. The largest absolute Gasteiger partial charge is 0.408 e. The van der Waals surface area contributed by atoms with E-state index in [4.69, 9.17) is 0 Å². The zero-order chi connectivity index (χ0) is 36.1. The molecule has 0 unspecified atom stereocenters. The number of halogens is 3. The zero-order valence-corrected chi connectivity index (χ0v) is 28.0. The molecule has 3 aliphatic rings. The lowest BCUT2D eigenvalue weighted by Crippen LogP contribution is -2.46. The fourth-order valence-electron chi connectivity index (χ4n) is 7.30. The van der Waals surface area contributed by atoms with Crippen LogP contribution in [0.15, 0.2) is 48.9 Å². The van der Waals surface area contributed by atoms with Crippen LogP contribution in [0.2, 0.25) is 0 Å². The molecule has 7 rings (SSSR count). The van der Waals surface area contributed by atoms with Gasteiger partial charge < -0.3 is 15.5 Å². The van der Waals surface area contributed by atoms with Gasteiger partial charge in [0.2, 0.25) is 17.7 Å². The second-order valence-corrected chi connectivity index (χ2v) is 13.6. The predicted octanol–water partition coefficient (Wildman–Crippen LogP) is 4.16. The predicted molar refractivity (Wildman–Crippen MR) is 178 cm³/mol. The highest BCUT2D eigenvalue weighted by Crippen LogP contribution is 2.59. The van der Waals surface area contributed by atoms with E-state index in [2.05, 4.69) is 30.8 Å². The maximum Gasteiger partial charge on any atom is 0.408 e. The average molecular weight is 704 g/mol. The Labute approximate surface area is 290 Å². The third kappa shape index (κ3) is 6.99. The Kier molecular flexibility index (Phi) is 8.71. The van der Waals surface area contributed by atoms with Gasteiger partial charge in [-0.15, -0.1) is 0 Å². The molecular weight excluding hydrogens is 667 g/mol. The SMILES string of the molecule is CC(=O)c1nn2c3c(cc(-c4cnc(C)nc4)cc13)CC=CCCCC(=O)NC[C@@]13C[C@@H](C(=O)Nc4ccn(CC(F)(F)F)n4)N(C(=O)C2)[C@@H]1C3. The van der Waals surface area contributed by atoms with Crippen LogP contribution in [0.3, 0.4) is 0 Å². The molecule has 0 spiro atoms. The summed E-state index contributed by atoms with van der Waals surface area (Å²) in [5.74, 6) is -0.896. The van der Waals surface area contributed by atoms with Crippen molar-refractivity contribution in [3.8, 4) is 11.1 Å². The Bertz CT molecular complexity index is 2070. The van der Waals surface area contributed by atoms with Crippen LogP contribution in [0.25, 0.3) is 22.0 Å². The van der Waals surface area contributed by atoms with Gasteiger partial charge in [0.25, 0.3) is 0 Å². The van der Waals surface area contributed by atoms with Gasteiger partial charge in [-0.25, -0.2) is 9.97 Å². The van der Waals surface area contributed by atoms with Crippen LogP contribution < -0.4 is 10.6 Å². The van der Waals surface area contributed by atoms with Crippen LogP contribution in [0.4, 0.5) is 19.0 Å². The molecule has 2 fully saturated rings. The first-order valence-corrected chi connectivity index (χ1v) is 16.8. The number of carbonyl (C=O) groups is 4. The number of aryl methyl sites for hydroxylation is 1. The number of hydrogen-bond acceptors (Lipinski definition) is 8. The monoisotopic (exact) mass is 703 g/mol. The minimum atomic E-state index is -4.50. The van der Waals surface area contributed by atoms with E-state index >= 15 is 0 Å². The molecule has 51 heavy (non-hydrogen) atoms. The van der Waals surface area contributed by atoms with Gasteiger partial charge in [0, 0.05) is 67.0 Å². The van der Waals surface area contributed by atoms with Crippen molar-refractivity contribution >= 4 is 40.2 Å². The molecule has 16 heteroatoms. The summed E-state index contributed by atoms with van der Waals surface area (Å²) in [7, 11) is 0. The van der Waals surface area contributed by atoms with Crippen LogP contribution in [0, 0.1) is 12.3 Å². The fourth-order valence-corrected chi connectivity index (χ4v) is 7.30. The molecular formula is C35H36F3N9O4. The van der Waals surface area contributed by atoms with E-state index in [1.807, 2.05) is 24.3 Å². The van der Waals surface area contributed by atoms with Gasteiger partial charge >= 0.3 is 6.18 Å². The smallest absolute Gasteiger partial charge is 0.355 e. The van der Waals surface area contributed by atoms with E-state index in [0.717, 1.165) is 22.9 Å². The number of alkyl halides is 3. The third-order valence-corrected chi connectivity index (χ3v) is 9.81. The van der Waals surface area contributed by atoms with Crippen molar-refractivity contribution in [1.29, 1.82) is 0 Å². The average Bonchev–Trinajstić information content (AvgIpc) is 3.32. The van der Waals surface area contributed by atoms with Crippen molar-refractivity contribution in [2.75, 3.05) is 11.9 Å². The quantitative estimate of drug-likeness (QED) is 0.232. The molecule has 13 nitrogen and oxygen atoms in total. The molecule has 2 bridgehead atoms. The molecule has 3 atom stereocenters. The normalized spacial score (nSPS) is 22.4. The van der Waals surface area contributed by atoms with Gasteiger partial charge in [-0.1, -0.05) is 12.2 Å². The number of Topliss-reactive ketones (excluding diaryl/α,β-unsaturated/α-hetero) is 1. The van der Waals surface area contributed by atoms with Crippen molar-refractivity contribution in [2.24, 2.45) is 5.41 Å². The standard InChI is InChI=1S/C35H36F3N9O4/c1-20(48)31-25-12-23(24-15-39-21(2)40-16-24)11-22-7-5-3-4-6-8-29(49)41-18-34-13-26(33(51)42-28-9-10-45(43-28)19-35(36,37)38)47(27(34)14-34)30(50)17-46(44-31)32(22)25/h3,5,9-12,15-16,26-27H,4,6-8,13-14,17-19H2,1-2H3,(H,41,49)(H,42,43,51)/t26-,27+,34-/m0/s1. The maximum atomic E-state index is 14.3. The number of carbonyl (C=O) groups excluding carboxylic acids is 4. The molecule has 1 saturated heterocycles. The van der Waals surface area contributed by atoms with Crippen molar-refractivity contribution in [3.63, 3.8) is 0 Å². The van der Waals surface area contributed by atoms with Gasteiger partial charge in [-0.2, -0.15) is 23.4 Å². The number of nitrogens with zero attached hydrogens (tertiary/aromatic N) is 7. The summed E-state index contributed by atoms with van der Waals surface area (Å²) in [5.41, 5.74) is 2.59. The number of rotatable bonds is 5. The molecule has 1 aromatic carbocycles. The second-order valence-electron chi connectivity index (χ2n) is 13.6. The fraction of sp³-hybridized carbons (Fsp3) is 0.429. The van der Waals surface area contributed by atoms with Crippen molar-refractivity contribution < 1.29 is 32.3 Å². The molecule has 4 aromatic rings. The van der Waals surface area contributed by atoms with Gasteiger partial charge in [0.15, 0.2) is 11.6 Å². The summed E-state index contributed by atoms with van der Waals surface area (Å²) < 4.78 is 40.9. The highest BCUT2D eigenvalue weighted by molar-refractivity contribution is 6.07. The van der Waals surface area contributed by atoms with E-state index in [9.17, 15) is 32.3 Å². The molecule has 5 heterocycles. The summed E-state index contributed by atoms with van der Waals surface area (Å²) in [5, 5.41) is 14.6. The molecule has 266 valence electrons. The summed E-state index contributed by atoms with van der Waals surface area (Å²) in [6.45, 7) is 1.87. The van der Waals surface area contributed by atoms with Crippen molar-refractivity contribution in [3.05, 3.63) is 66.0 Å². The van der Waals surface area contributed by atoms with Crippen LogP contribution in [0.1, 0.15) is 60.9 Å². The number of nitrogens with one attached hydrogen (secondary N) is 2. The van der Waals surface area contributed by atoms with Crippen LogP contribution in [-0.2, 0) is 33.9 Å². The van der Waals surface area contributed by atoms with Crippen molar-refractivity contribution in [2.45, 2.75) is 83.7 Å². The number of anilines is 1. The molecule has 2 aliphatic heterocycles. The number of aromatic nitrogens is 6. The lowest BCUT2D eigenvalue weighted by Gasteiger charge is -2.26. The highest BCUT2D eigenvalue weighted by Gasteiger charge is 2.67. The number of hydrogen-bond donors (Lipinski definition) is 2. The molecule has 0 radical (unpaired) electrons. The lowest BCUT2D eigenvalue weighted by molar-refractivity contribution is -0.142. The summed E-state index contributed by atoms with van der Waals surface area (Å²) in [6, 6.07) is 3.73. The highest BCUT2D eigenvalue weighted by atomic mass is 19.4. The van der Waals surface area contributed by atoms with E-state index in [1.165, 1.54) is 22.6 Å². The first-order chi connectivity index (χ1) is 24.3. The second kappa shape index (κ2) is 13.0. The summed E-state index contributed by atoms with van der Waals surface area (Å²) >= 11 is 0. The maximum absolute atomic E-state index is 14.3. The van der Waals surface area contributed by atoms with Gasteiger partial charge in [0.1, 0.15) is 30.6 Å². The van der Waals surface area contributed by atoms with Gasteiger partial charge in [-0.05, 0) is 62.3 Å². The molecule has 2 N–H and O–H groups in total. The number of allylic oxidation sites excluding steroid dienone is 2. The Morgan fingerprint density at radius 2 is 1.86 bits per heavy atom. The van der Waals surface area contributed by atoms with Gasteiger partial charge in [0.05, 0.1) is 5.52 Å². The molecule has 3 amide bonds. The van der Waals surface area contributed by atoms with Crippen LogP contribution in [-0.4, -0.2) is 82.7 Å². The van der Waals surface area contributed by atoms with Crippen LogP contribution >= 0.6 is 0 Å². The Morgan fingerprint density at radius 1 is 1.08 bits per heavy atom. The van der Waals surface area contributed by atoms with Crippen LogP contribution in [0.5, 0.6) is 0 Å². The molecule has 1 aliphatic carbocycles. The zero-order valence-electron chi connectivity index (χ0n) is 28.0. The number of piperidine rings is 1. The topological polar surface area (TPSA) is 157 Å². The van der Waals surface area contributed by atoms with E-state index in [0.29, 0.717) is 53.5 Å². The minimum Gasteiger partial charge on any atom is -0.355 e. The third-order valence-electron chi connectivity index (χ3n) is 9.81. The van der Waals surface area contributed by atoms with Crippen molar-refractivity contribution in [1.82, 2.24) is 39.7 Å². The summed E-state index contributed by atoms with van der Waals surface area (Å²) in [6.07, 6.45) is 6.88.